The fourth-order valence-corrected chi connectivity index (χ4v) is 8.00. The van der Waals surface area contributed by atoms with Crippen molar-refractivity contribution in [3.8, 4) is 0 Å². The third kappa shape index (κ3) is 1.21. The molecule has 0 amide bonds. The number of esters is 2. The molecule has 0 radical (unpaired) electrons. The highest BCUT2D eigenvalue weighted by molar-refractivity contribution is 5.82. The molecule has 7 aliphatic carbocycles. The van der Waals surface area contributed by atoms with Gasteiger partial charge >= 0.3 is 11.9 Å². The van der Waals surface area contributed by atoms with Crippen molar-refractivity contribution in [1.29, 1.82) is 0 Å². The molecule has 120 valence electrons. The molecule has 22 heavy (non-hydrogen) atoms. The second-order valence-corrected chi connectivity index (χ2v) is 8.66. The van der Waals surface area contributed by atoms with Gasteiger partial charge in [-0.3, -0.25) is 9.59 Å². The molecule has 4 heteroatoms. The third-order valence-corrected chi connectivity index (χ3v) is 8.33. The molecule has 4 nitrogen and oxygen atoms in total. The van der Waals surface area contributed by atoms with Gasteiger partial charge in [0.15, 0.2) is 0 Å². The van der Waals surface area contributed by atoms with Crippen molar-refractivity contribution in [3.63, 3.8) is 0 Å². The Balaban J connectivity index is 1.65. The van der Waals surface area contributed by atoms with E-state index in [1.54, 1.807) is 0 Å². The summed E-state index contributed by atoms with van der Waals surface area (Å²) in [5, 5.41) is 0. The minimum atomic E-state index is -0.302. The normalized spacial score (nSPS) is 56.3. The fourth-order valence-electron chi connectivity index (χ4n) is 8.00. The average molecular weight is 304 g/mol. The van der Waals surface area contributed by atoms with Gasteiger partial charge in [0.1, 0.15) is 0 Å². The summed E-state index contributed by atoms with van der Waals surface area (Å²) in [6.07, 6.45) is 6.26. The van der Waals surface area contributed by atoms with Crippen LogP contribution in [0.4, 0.5) is 0 Å². The van der Waals surface area contributed by atoms with E-state index in [1.165, 1.54) is 27.1 Å². The van der Waals surface area contributed by atoms with Gasteiger partial charge in [-0.1, -0.05) is 0 Å². The second-order valence-electron chi connectivity index (χ2n) is 8.66. The average Bonchev–Trinajstić information content (AvgIpc) is 2.57. The Morgan fingerprint density at radius 1 is 0.818 bits per heavy atom. The van der Waals surface area contributed by atoms with E-state index in [4.69, 9.17) is 9.47 Å². The zero-order valence-corrected chi connectivity index (χ0v) is 13.3. The molecule has 7 rings (SSSR count). The van der Waals surface area contributed by atoms with Gasteiger partial charge in [-0.05, 0) is 74.0 Å². The molecule has 0 aromatic carbocycles. The minimum Gasteiger partial charge on any atom is -0.469 e. The Bertz CT molecular complexity index is 543. The largest absolute Gasteiger partial charge is 0.469 e. The molecule has 0 saturated heterocycles. The number of hydrogen-bond donors (Lipinski definition) is 0. The number of ether oxygens (including phenoxy) is 2. The molecule has 4 unspecified atom stereocenters. The molecule has 0 aromatic rings. The van der Waals surface area contributed by atoms with Crippen molar-refractivity contribution in [2.45, 2.75) is 38.5 Å². The van der Waals surface area contributed by atoms with Crippen LogP contribution in [0.15, 0.2) is 0 Å². The Kier molecular flexibility index (Phi) is 2.36. The maximum Gasteiger partial charge on any atom is 0.312 e. The molecular weight excluding hydrogens is 280 g/mol. The van der Waals surface area contributed by atoms with Crippen molar-refractivity contribution >= 4 is 11.9 Å². The molecule has 0 spiro atoms. The quantitative estimate of drug-likeness (QED) is 0.735. The van der Waals surface area contributed by atoms with E-state index in [2.05, 4.69) is 0 Å². The summed E-state index contributed by atoms with van der Waals surface area (Å²) in [5.41, 5.74) is -0.580. The predicted octanol–water partition coefficient (Wildman–Crippen LogP) is 2.41. The first-order valence-corrected chi connectivity index (χ1v) is 8.72. The minimum absolute atomic E-state index is 0.0146. The molecule has 0 aromatic heterocycles. The summed E-state index contributed by atoms with van der Waals surface area (Å²) in [7, 11) is 3.05. The number of hydrogen-bond acceptors (Lipinski definition) is 4. The van der Waals surface area contributed by atoms with Gasteiger partial charge in [-0.15, -0.1) is 0 Å². The number of carbonyl (C=O) groups excluding carboxylic acids is 2. The second kappa shape index (κ2) is 3.88. The molecule has 0 heterocycles. The maximum atomic E-state index is 12.8. The van der Waals surface area contributed by atoms with Crippen molar-refractivity contribution in [1.82, 2.24) is 0 Å². The summed E-state index contributed by atoms with van der Waals surface area (Å²) < 4.78 is 10.5. The van der Waals surface area contributed by atoms with E-state index >= 15 is 0 Å². The van der Waals surface area contributed by atoms with Gasteiger partial charge in [-0.25, -0.2) is 0 Å². The summed E-state index contributed by atoms with van der Waals surface area (Å²) >= 11 is 0. The topological polar surface area (TPSA) is 52.6 Å². The predicted molar refractivity (Wildman–Crippen MR) is 77.5 cm³/mol. The summed E-state index contributed by atoms with van der Waals surface area (Å²) in [6, 6.07) is 0. The van der Waals surface area contributed by atoms with Gasteiger partial charge in [0.05, 0.1) is 25.0 Å². The maximum absolute atomic E-state index is 12.8. The van der Waals surface area contributed by atoms with Crippen LogP contribution in [-0.4, -0.2) is 26.2 Å². The van der Waals surface area contributed by atoms with Gasteiger partial charge in [0.25, 0.3) is 0 Å². The van der Waals surface area contributed by atoms with E-state index in [9.17, 15) is 9.59 Å². The van der Waals surface area contributed by atoms with Gasteiger partial charge in [-0.2, -0.15) is 0 Å². The summed E-state index contributed by atoms with van der Waals surface area (Å²) in [6.45, 7) is 0. The van der Waals surface area contributed by atoms with Crippen LogP contribution in [0.25, 0.3) is 0 Å². The summed E-state index contributed by atoms with van der Waals surface area (Å²) in [4.78, 5) is 25.3. The van der Waals surface area contributed by atoms with E-state index in [1.807, 2.05) is 0 Å². The lowest BCUT2D eigenvalue weighted by atomic mass is 9.28. The lowest BCUT2D eigenvalue weighted by Gasteiger charge is -2.74. The Morgan fingerprint density at radius 2 is 1.41 bits per heavy atom. The van der Waals surface area contributed by atoms with Crippen molar-refractivity contribution < 1.29 is 19.1 Å². The van der Waals surface area contributed by atoms with Gasteiger partial charge < -0.3 is 9.47 Å². The Hall–Kier alpha value is -1.06. The first kappa shape index (κ1) is 13.4. The molecule has 7 fully saturated rings. The SMILES string of the molecule is COC(=O)C12CC3C4CC5CC3C(C1)C(C(=O)OC)(C5)C4C2. The van der Waals surface area contributed by atoms with Crippen molar-refractivity contribution in [2.24, 2.45) is 46.3 Å². The van der Waals surface area contributed by atoms with Crippen LogP contribution in [0.5, 0.6) is 0 Å². The number of carbonyl (C=O) groups is 2. The number of rotatable bonds is 2. The van der Waals surface area contributed by atoms with Crippen LogP contribution in [0.2, 0.25) is 0 Å². The van der Waals surface area contributed by atoms with Crippen LogP contribution in [-0.2, 0) is 19.1 Å². The van der Waals surface area contributed by atoms with Gasteiger partial charge in [0.2, 0.25) is 0 Å². The highest BCUT2D eigenvalue weighted by Crippen LogP contribution is 2.78. The fraction of sp³-hybridized carbons (Fsp3) is 0.889. The highest BCUT2D eigenvalue weighted by atomic mass is 16.5. The molecule has 7 saturated carbocycles. The van der Waals surface area contributed by atoms with Crippen LogP contribution in [0.1, 0.15) is 38.5 Å². The standard InChI is InChI=1S/C18H24O4/c1-21-15(19)17-6-12-10-3-9-4-11(12)14(8-17)18(5-9,13(10)7-17)16(20)22-2/h9-14H,3-8H2,1-2H3. The highest BCUT2D eigenvalue weighted by Gasteiger charge is 2.77. The lowest BCUT2D eigenvalue weighted by Crippen LogP contribution is -2.73. The third-order valence-electron chi connectivity index (χ3n) is 8.33. The summed E-state index contributed by atoms with van der Waals surface area (Å²) in [5.74, 6) is 3.33. The zero-order valence-electron chi connectivity index (χ0n) is 13.3. The molecule has 8 bridgehead atoms. The van der Waals surface area contributed by atoms with Crippen LogP contribution in [0.3, 0.4) is 0 Å². The zero-order chi connectivity index (χ0) is 15.3. The van der Waals surface area contributed by atoms with Crippen LogP contribution < -0.4 is 0 Å². The van der Waals surface area contributed by atoms with E-state index in [0.29, 0.717) is 35.5 Å². The van der Waals surface area contributed by atoms with E-state index in [-0.39, 0.29) is 22.8 Å². The van der Waals surface area contributed by atoms with Crippen LogP contribution in [0, 0.1) is 46.3 Å². The first-order chi connectivity index (χ1) is 10.6. The van der Waals surface area contributed by atoms with Crippen molar-refractivity contribution in [3.05, 3.63) is 0 Å². The Labute approximate surface area is 130 Å². The van der Waals surface area contributed by atoms with E-state index in [0.717, 1.165) is 25.7 Å². The molecule has 0 aliphatic heterocycles. The molecule has 4 atom stereocenters. The van der Waals surface area contributed by atoms with Crippen molar-refractivity contribution in [2.75, 3.05) is 14.2 Å². The molecule has 0 N–H and O–H groups in total. The smallest absolute Gasteiger partial charge is 0.312 e. The van der Waals surface area contributed by atoms with Gasteiger partial charge in [0, 0.05) is 0 Å². The number of methoxy groups -OCH3 is 2. The Morgan fingerprint density at radius 3 is 1.95 bits per heavy atom. The van der Waals surface area contributed by atoms with Crippen LogP contribution >= 0.6 is 0 Å². The molecule has 7 aliphatic rings. The first-order valence-electron chi connectivity index (χ1n) is 8.72. The monoisotopic (exact) mass is 304 g/mol. The lowest BCUT2D eigenvalue weighted by molar-refractivity contribution is -0.277. The van der Waals surface area contributed by atoms with E-state index < -0.39 is 0 Å². The molecular formula is C18H24O4.